The average molecular weight is 791 g/mol. The van der Waals surface area contributed by atoms with Gasteiger partial charge in [0.1, 0.15) is 5.58 Å². The molecule has 0 fully saturated rings. The molecule has 1 aliphatic rings. The minimum Gasteiger partial charge on any atom is -0.453 e. The van der Waals surface area contributed by atoms with Gasteiger partial charge in [-0.05, 0) is 99.4 Å². The Bertz CT molecular complexity index is 3660. The van der Waals surface area contributed by atoms with E-state index in [1.54, 1.807) is 0 Å². The molecule has 0 saturated heterocycles. The number of hydrogen-bond donors (Lipinski definition) is 0. The first-order valence-electron chi connectivity index (χ1n) is 21.3. The minimum atomic E-state index is -0.490. The molecule has 10 aromatic carbocycles. The maximum Gasteiger partial charge on any atom is 0.159 e. The summed E-state index contributed by atoms with van der Waals surface area (Å²) in [7, 11) is 0. The summed E-state index contributed by atoms with van der Waals surface area (Å²) in [6.45, 7) is 0. The van der Waals surface area contributed by atoms with Crippen molar-refractivity contribution in [2.75, 3.05) is 4.90 Å². The molecule has 0 bridgehead atoms. The van der Waals surface area contributed by atoms with Crippen LogP contribution in [0, 0.1) is 0 Å². The lowest BCUT2D eigenvalue weighted by molar-refractivity contribution is 0.673. The van der Waals surface area contributed by atoms with Crippen LogP contribution in [0.25, 0.3) is 71.3 Å². The smallest absolute Gasteiger partial charge is 0.159 e. The maximum absolute atomic E-state index is 7.09. The second kappa shape index (κ2) is 13.4. The van der Waals surface area contributed by atoms with Gasteiger partial charge < -0.3 is 13.9 Å². The summed E-state index contributed by atoms with van der Waals surface area (Å²) in [4.78, 5) is 2.41. The Balaban J connectivity index is 1.10. The number of hydrogen-bond acceptors (Lipinski definition) is 2. The van der Waals surface area contributed by atoms with Gasteiger partial charge in [0.05, 0.1) is 22.1 Å². The van der Waals surface area contributed by atoms with Crippen LogP contribution in [0.4, 0.5) is 17.1 Å². The van der Waals surface area contributed by atoms with Gasteiger partial charge in [0.15, 0.2) is 5.58 Å². The monoisotopic (exact) mass is 790 g/mol. The molecule has 0 N–H and O–H groups in total. The van der Waals surface area contributed by atoms with E-state index in [1.807, 2.05) is 0 Å². The van der Waals surface area contributed by atoms with Gasteiger partial charge in [-0.1, -0.05) is 170 Å². The lowest BCUT2D eigenvalue weighted by Gasteiger charge is -2.34. The Morgan fingerprint density at radius 3 is 1.77 bits per heavy atom. The fourth-order valence-corrected chi connectivity index (χ4v) is 10.6. The molecule has 0 atom stereocenters. The standard InChI is InChI=1S/C59H38N2O/c1-4-18-40(19-5-1)59(41-20-6-2-7-21-41)52-28-14-12-25-46(52)50-37-43(32-35-53(50)59)60(56-30-16-27-48-49-34-31-39-17-10-11-24-45(39)57(49)62-58(48)56)44-33-36-55-51(38-44)47-26-13-15-29-54(47)61(55)42-22-8-3-9-23-42/h1-38H. The summed E-state index contributed by atoms with van der Waals surface area (Å²) in [6, 6.07) is 84.0. The fraction of sp³-hybridized carbons (Fsp3) is 0.0169. The van der Waals surface area contributed by atoms with Gasteiger partial charge in [0, 0.05) is 44.0 Å². The molecule has 3 nitrogen and oxygen atoms in total. The lowest BCUT2D eigenvalue weighted by Crippen LogP contribution is -2.28. The minimum absolute atomic E-state index is 0.490. The Hall–Kier alpha value is -8.14. The van der Waals surface area contributed by atoms with Crippen LogP contribution < -0.4 is 4.90 Å². The zero-order chi connectivity index (χ0) is 40.8. The molecule has 1 aliphatic carbocycles. The van der Waals surface area contributed by atoms with E-state index in [1.165, 1.54) is 49.7 Å². The molecule has 0 radical (unpaired) electrons. The fourth-order valence-electron chi connectivity index (χ4n) is 10.6. The Labute approximate surface area is 359 Å². The predicted molar refractivity (Wildman–Crippen MR) is 258 cm³/mol. The molecule has 0 spiro atoms. The van der Waals surface area contributed by atoms with Gasteiger partial charge in [0.2, 0.25) is 0 Å². The number of benzene rings is 10. The largest absolute Gasteiger partial charge is 0.453 e. The van der Waals surface area contributed by atoms with Crippen LogP contribution in [0.1, 0.15) is 22.3 Å². The van der Waals surface area contributed by atoms with Crippen molar-refractivity contribution in [1.82, 2.24) is 4.57 Å². The predicted octanol–water partition coefficient (Wildman–Crippen LogP) is 15.7. The molecule has 2 aromatic heterocycles. The Morgan fingerprint density at radius 1 is 0.371 bits per heavy atom. The van der Waals surface area contributed by atoms with Gasteiger partial charge in [-0.3, -0.25) is 0 Å². The molecule has 0 saturated carbocycles. The first-order chi connectivity index (χ1) is 30.8. The van der Waals surface area contributed by atoms with E-state index in [4.69, 9.17) is 4.42 Å². The van der Waals surface area contributed by atoms with E-state index in [-0.39, 0.29) is 0 Å². The third kappa shape index (κ3) is 4.88. The number of aromatic nitrogens is 1. The van der Waals surface area contributed by atoms with Gasteiger partial charge in [-0.25, -0.2) is 0 Å². The summed E-state index contributed by atoms with van der Waals surface area (Å²) in [5.41, 5.74) is 15.4. The number of fused-ring (bicyclic) bond motifs is 11. The van der Waals surface area contributed by atoms with E-state index in [0.717, 1.165) is 61.0 Å². The SMILES string of the molecule is c1ccc(-n2c3ccccc3c3cc(N(c4ccc5c(c4)-c4ccccc4C5(c4ccccc4)c4ccccc4)c4cccc5c4oc4c6ccccc6ccc54)ccc32)cc1. The second-order valence-corrected chi connectivity index (χ2v) is 16.4. The first kappa shape index (κ1) is 34.7. The Kier molecular flexibility index (Phi) is 7.52. The summed E-state index contributed by atoms with van der Waals surface area (Å²) in [5, 5.41) is 6.87. The van der Waals surface area contributed by atoms with E-state index in [9.17, 15) is 0 Å². The molecule has 0 amide bonds. The molecule has 12 aromatic rings. The number of para-hydroxylation sites is 3. The van der Waals surface area contributed by atoms with E-state index in [0.29, 0.717) is 0 Å². The van der Waals surface area contributed by atoms with Crippen LogP contribution in [0.2, 0.25) is 0 Å². The van der Waals surface area contributed by atoms with Gasteiger partial charge in [-0.15, -0.1) is 0 Å². The summed E-state index contributed by atoms with van der Waals surface area (Å²) < 4.78 is 9.47. The van der Waals surface area contributed by atoms with Crippen LogP contribution in [0.5, 0.6) is 0 Å². The number of furan rings is 1. The molecule has 62 heavy (non-hydrogen) atoms. The van der Waals surface area contributed by atoms with Crippen molar-refractivity contribution in [3.63, 3.8) is 0 Å². The summed E-state index contributed by atoms with van der Waals surface area (Å²) in [5.74, 6) is 0. The highest BCUT2D eigenvalue weighted by Crippen LogP contribution is 2.57. The normalized spacial score (nSPS) is 13.0. The topological polar surface area (TPSA) is 21.3 Å². The van der Waals surface area contributed by atoms with Crippen molar-refractivity contribution in [3.8, 4) is 16.8 Å². The van der Waals surface area contributed by atoms with Crippen molar-refractivity contribution >= 4 is 71.6 Å². The highest BCUT2D eigenvalue weighted by atomic mass is 16.3. The van der Waals surface area contributed by atoms with Crippen molar-refractivity contribution < 1.29 is 4.42 Å². The zero-order valence-electron chi connectivity index (χ0n) is 33.7. The number of anilines is 3. The number of rotatable bonds is 6. The third-order valence-electron chi connectivity index (χ3n) is 13.2. The van der Waals surface area contributed by atoms with Gasteiger partial charge in [0.25, 0.3) is 0 Å². The van der Waals surface area contributed by atoms with Crippen molar-refractivity contribution in [1.29, 1.82) is 0 Å². The lowest BCUT2D eigenvalue weighted by atomic mass is 9.68. The van der Waals surface area contributed by atoms with Crippen LogP contribution in [-0.2, 0) is 5.41 Å². The molecule has 0 unspecified atom stereocenters. The first-order valence-corrected chi connectivity index (χ1v) is 21.3. The molecule has 0 aliphatic heterocycles. The number of nitrogens with zero attached hydrogens (tertiary/aromatic N) is 2. The van der Waals surface area contributed by atoms with Gasteiger partial charge in [-0.2, -0.15) is 0 Å². The summed E-state index contributed by atoms with van der Waals surface area (Å²) >= 11 is 0. The maximum atomic E-state index is 7.09. The molecule has 13 rings (SSSR count). The van der Waals surface area contributed by atoms with Crippen LogP contribution in [-0.4, -0.2) is 4.57 Å². The molecule has 290 valence electrons. The highest BCUT2D eigenvalue weighted by molar-refractivity contribution is 6.18. The zero-order valence-corrected chi connectivity index (χ0v) is 33.7. The molecular weight excluding hydrogens is 753 g/mol. The van der Waals surface area contributed by atoms with Crippen LogP contribution in [0.3, 0.4) is 0 Å². The van der Waals surface area contributed by atoms with Crippen LogP contribution in [0.15, 0.2) is 235 Å². The van der Waals surface area contributed by atoms with E-state index >= 15 is 0 Å². The Morgan fingerprint density at radius 2 is 0.968 bits per heavy atom. The van der Waals surface area contributed by atoms with Crippen LogP contribution >= 0.6 is 0 Å². The summed E-state index contributed by atoms with van der Waals surface area (Å²) in [6.07, 6.45) is 0. The van der Waals surface area contributed by atoms with Gasteiger partial charge >= 0.3 is 0 Å². The van der Waals surface area contributed by atoms with E-state index in [2.05, 4.69) is 240 Å². The molecule has 3 heteroatoms. The van der Waals surface area contributed by atoms with Crippen molar-refractivity contribution in [2.45, 2.75) is 5.41 Å². The second-order valence-electron chi connectivity index (χ2n) is 16.4. The van der Waals surface area contributed by atoms with Crippen molar-refractivity contribution in [3.05, 3.63) is 253 Å². The molecular formula is C59H38N2O. The molecule has 2 heterocycles. The van der Waals surface area contributed by atoms with E-state index < -0.39 is 5.41 Å². The average Bonchev–Trinajstić information content (AvgIpc) is 3.99. The van der Waals surface area contributed by atoms with Crippen molar-refractivity contribution in [2.24, 2.45) is 0 Å². The quantitative estimate of drug-likeness (QED) is 0.167. The highest BCUT2D eigenvalue weighted by Gasteiger charge is 2.46. The third-order valence-corrected chi connectivity index (χ3v) is 13.2.